The number of hydrogen-bond donors (Lipinski definition) is 0. The van der Waals surface area contributed by atoms with Crippen LogP contribution in [-0.2, 0) is 25.8 Å². The highest BCUT2D eigenvalue weighted by Gasteiger charge is 2.23. The number of benzene rings is 7. The molecule has 10 rings (SSSR count). The summed E-state index contributed by atoms with van der Waals surface area (Å²) in [6.07, 6.45) is 20.4. The zero-order valence-electron chi connectivity index (χ0n) is 45.9. The van der Waals surface area contributed by atoms with Crippen LogP contribution in [0.15, 0.2) is 209 Å². The van der Waals surface area contributed by atoms with Crippen molar-refractivity contribution in [2.75, 3.05) is 4.90 Å². The average molecular weight is 998 g/mol. The van der Waals surface area contributed by atoms with Crippen molar-refractivity contribution in [3.63, 3.8) is 0 Å². The number of aliphatic imine (C=N–C) groups is 2. The van der Waals surface area contributed by atoms with Crippen LogP contribution in [0.2, 0.25) is 0 Å². The first kappa shape index (κ1) is 54.2. The summed E-state index contributed by atoms with van der Waals surface area (Å²) in [6.45, 7) is 29.5. The topological polar surface area (TPSA) is 41.1 Å². The summed E-state index contributed by atoms with van der Waals surface area (Å²) in [5.74, 6) is 0.872. The molecule has 1 heterocycles. The molecule has 0 radical (unpaired) electrons. The van der Waals surface area contributed by atoms with Gasteiger partial charge in [-0.05, 0) is 162 Å². The third-order valence-corrected chi connectivity index (χ3v) is 14.8. The minimum absolute atomic E-state index is 0.826. The van der Waals surface area contributed by atoms with E-state index >= 15 is 0 Å². The molecular weight excluding hydrogens is 923 g/mol. The number of hydrogen-bond acceptors (Lipinski definition) is 4. The van der Waals surface area contributed by atoms with E-state index in [1.807, 2.05) is 32.1 Å². The van der Waals surface area contributed by atoms with Crippen molar-refractivity contribution >= 4 is 53.1 Å². The van der Waals surface area contributed by atoms with Crippen LogP contribution in [0, 0.1) is 6.92 Å². The van der Waals surface area contributed by atoms with Crippen molar-refractivity contribution in [3.05, 3.63) is 233 Å². The molecule has 8 aromatic rings. The van der Waals surface area contributed by atoms with E-state index in [0.717, 1.165) is 108 Å². The van der Waals surface area contributed by atoms with Crippen molar-refractivity contribution in [2.24, 2.45) is 9.98 Å². The van der Waals surface area contributed by atoms with Crippen LogP contribution in [0.1, 0.15) is 112 Å². The van der Waals surface area contributed by atoms with Gasteiger partial charge < -0.3 is 9.32 Å². The summed E-state index contributed by atoms with van der Waals surface area (Å²) >= 11 is 0. The Balaban J connectivity index is 0.000000246. The molecule has 384 valence electrons. The van der Waals surface area contributed by atoms with E-state index in [0.29, 0.717) is 0 Å². The Morgan fingerprint density at radius 1 is 0.605 bits per heavy atom. The summed E-state index contributed by atoms with van der Waals surface area (Å²) in [5.41, 5.74) is 25.1. The molecule has 1 aromatic heterocycles. The summed E-state index contributed by atoms with van der Waals surface area (Å²) in [5, 5.41) is 1.17. The van der Waals surface area contributed by atoms with Gasteiger partial charge in [0.15, 0.2) is 0 Å². The van der Waals surface area contributed by atoms with Gasteiger partial charge in [-0.15, -0.1) is 0 Å². The minimum Gasteiger partial charge on any atom is -0.456 e. The van der Waals surface area contributed by atoms with Crippen LogP contribution in [0.4, 0.5) is 17.1 Å². The SMILES string of the molecule is C=CC1=C(CCCC)c2cccc(-c3ccc(-c4ccc(-c5ccc(-c6cccc7c(CCC)c(C=C)oc67)cc5)c(N=C)c4C)cc3)c2C1.C=Nc1ccccc1N(Cc1ccc(CC)cc1)C1=CCCC=C1.CC. The molecule has 0 spiro atoms. The molecule has 0 amide bonds. The van der Waals surface area contributed by atoms with Crippen LogP contribution in [-0.4, -0.2) is 13.4 Å². The van der Waals surface area contributed by atoms with Crippen LogP contribution in [0.25, 0.3) is 67.1 Å². The average Bonchev–Trinajstić information content (AvgIpc) is 4.05. The number of aryl methyl sites for hydroxylation is 2. The molecule has 0 N–H and O–H groups in total. The molecule has 0 saturated heterocycles. The Bertz CT molecular complexity index is 3430. The molecule has 2 aliphatic rings. The second-order valence-electron chi connectivity index (χ2n) is 19.4. The number of unbranched alkanes of at least 4 members (excludes halogenated alkanes) is 1. The molecule has 0 unspecified atom stereocenters. The fraction of sp³-hybridized carbons (Fsp3) is 0.222. The first-order valence-electron chi connectivity index (χ1n) is 27.6. The molecule has 4 nitrogen and oxygen atoms in total. The van der Waals surface area contributed by atoms with E-state index in [2.05, 4.69) is 227 Å². The first-order chi connectivity index (χ1) is 37.3. The Morgan fingerprint density at radius 2 is 1.24 bits per heavy atom. The van der Waals surface area contributed by atoms with E-state index in [-0.39, 0.29) is 0 Å². The number of allylic oxidation sites excluding steroid dienone is 6. The van der Waals surface area contributed by atoms with Crippen molar-refractivity contribution in [1.82, 2.24) is 0 Å². The van der Waals surface area contributed by atoms with E-state index in [9.17, 15) is 0 Å². The van der Waals surface area contributed by atoms with Crippen LogP contribution in [0.3, 0.4) is 0 Å². The fourth-order valence-corrected chi connectivity index (χ4v) is 10.8. The second kappa shape index (κ2) is 25.9. The van der Waals surface area contributed by atoms with Gasteiger partial charge in [0, 0.05) is 34.3 Å². The third-order valence-electron chi connectivity index (χ3n) is 14.8. The summed E-state index contributed by atoms with van der Waals surface area (Å²) < 4.78 is 6.34. The number of para-hydroxylation sites is 3. The van der Waals surface area contributed by atoms with E-state index in [1.54, 1.807) is 0 Å². The maximum atomic E-state index is 6.34. The molecular formula is C72H75N3O. The normalized spacial score (nSPS) is 12.5. The highest BCUT2D eigenvalue weighted by atomic mass is 16.3. The van der Waals surface area contributed by atoms with Gasteiger partial charge in [0.05, 0.1) is 17.1 Å². The fourth-order valence-electron chi connectivity index (χ4n) is 10.8. The van der Waals surface area contributed by atoms with Crippen molar-refractivity contribution < 1.29 is 4.42 Å². The van der Waals surface area contributed by atoms with Crippen molar-refractivity contribution in [1.29, 1.82) is 0 Å². The predicted molar refractivity (Wildman–Crippen MR) is 332 cm³/mol. The van der Waals surface area contributed by atoms with Crippen LogP contribution >= 0.6 is 0 Å². The first-order valence-corrected chi connectivity index (χ1v) is 27.6. The van der Waals surface area contributed by atoms with Gasteiger partial charge in [-0.1, -0.05) is 212 Å². The zero-order valence-corrected chi connectivity index (χ0v) is 45.9. The standard InChI is InChI=1S/C48H45NO.C22H24N2.C2H6/c1-7-11-15-38-32(9-3)30-45-39(16-12-18-42(38)45)34-22-20-33(21-23-34)37-28-29-40(47(49-6)31(37)5)35-24-26-36(27-25-35)41-17-13-19-44-43(14-8-2)46(10-4)50-48(41)44;1-3-18-13-15-19(16-14-18)17-24(20-9-5-4-6-10-20)22-12-8-7-11-21(22)23-2;1-2/h9-10,12-13,16-29H,3-4,6-8,11,14-15,30H2,1-2,5H3;5,7-16H,2-4,6,17H2,1H3;1-2H3. The predicted octanol–water partition coefficient (Wildman–Crippen LogP) is 20.9. The van der Waals surface area contributed by atoms with Gasteiger partial charge in [-0.2, -0.15) is 0 Å². The monoisotopic (exact) mass is 998 g/mol. The quantitative estimate of drug-likeness (QED) is 0.0804. The third kappa shape index (κ3) is 11.6. The molecule has 7 aromatic carbocycles. The zero-order chi connectivity index (χ0) is 53.6. The van der Waals surface area contributed by atoms with Crippen LogP contribution < -0.4 is 4.90 Å². The summed E-state index contributed by atoms with van der Waals surface area (Å²) in [7, 11) is 0. The Hall–Kier alpha value is -8.08. The lowest BCUT2D eigenvalue weighted by atomic mass is 9.90. The molecule has 76 heavy (non-hydrogen) atoms. The molecule has 2 aliphatic carbocycles. The molecule has 0 fully saturated rings. The largest absolute Gasteiger partial charge is 0.456 e. The van der Waals surface area contributed by atoms with Gasteiger partial charge in [0.25, 0.3) is 0 Å². The number of anilines is 1. The lowest BCUT2D eigenvalue weighted by Crippen LogP contribution is -2.22. The van der Waals surface area contributed by atoms with E-state index in [1.165, 1.54) is 85.1 Å². The smallest absolute Gasteiger partial charge is 0.142 e. The Morgan fingerprint density at radius 3 is 1.87 bits per heavy atom. The van der Waals surface area contributed by atoms with E-state index in [4.69, 9.17) is 4.42 Å². The lowest BCUT2D eigenvalue weighted by Gasteiger charge is -2.28. The number of fused-ring (bicyclic) bond motifs is 2. The minimum atomic E-state index is 0.826. The Labute approximate surface area is 454 Å². The molecule has 4 heteroatoms. The maximum absolute atomic E-state index is 6.34. The van der Waals surface area contributed by atoms with Crippen molar-refractivity contribution in [2.45, 2.75) is 106 Å². The Kier molecular flexibility index (Phi) is 18.5. The van der Waals surface area contributed by atoms with E-state index < -0.39 is 0 Å². The lowest BCUT2D eigenvalue weighted by molar-refractivity contribution is 0.598. The van der Waals surface area contributed by atoms with Crippen LogP contribution in [0.5, 0.6) is 0 Å². The highest BCUT2D eigenvalue weighted by Crippen LogP contribution is 2.44. The molecule has 0 aliphatic heterocycles. The summed E-state index contributed by atoms with van der Waals surface area (Å²) in [4.78, 5) is 11.1. The van der Waals surface area contributed by atoms with Crippen molar-refractivity contribution in [3.8, 4) is 44.5 Å². The maximum Gasteiger partial charge on any atom is 0.142 e. The van der Waals surface area contributed by atoms with Gasteiger partial charge in [0.2, 0.25) is 0 Å². The van der Waals surface area contributed by atoms with Gasteiger partial charge >= 0.3 is 0 Å². The molecule has 0 atom stereocenters. The molecule has 0 bridgehead atoms. The summed E-state index contributed by atoms with van der Waals surface area (Å²) in [6, 6.07) is 52.4. The van der Waals surface area contributed by atoms with Gasteiger partial charge in [0.1, 0.15) is 11.3 Å². The molecule has 0 saturated carbocycles. The number of furan rings is 1. The number of rotatable bonds is 18. The second-order valence-corrected chi connectivity index (χ2v) is 19.4. The number of nitrogens with zero attached hydrogens (tertiary/aromatic N) is 3. The van der Waals surface area contributed by atoms with Gasteiger partial charge in [-0.3, -0.25) is 9.98 Å². The van der Waals surface area contributed by atoms with Gasteiger partial charge in [-0.25, -0.2) is 0 Å². The highest BCUT2D eigenvalue weighted by molar-refractivity contribution is 5.97.